The third-order valence-electron chi connectivity index (χ3n) is 6.97. The number of fused-ring (bicyclic) bond motifs is 1. The number of H-pyrrole nitrogens is 1. The van der Waals surface area contributed by atoms with Gasteiger partial charge in [-0.1, -0.05) is 63.7 Å². The number of nitrogens with one attached hydrogen (secondary N) is 4. The average molecular weight is 590 g/mol. The Kier molecular flexibility index (Phi) is 13.8. The summed E-state index contributed by atoms with van der Waals surface area (Å²) >= 11 is 0. The maximum absolute atomic E-state index is 12.6. The zero-order valence-corrected chi connectivity index (χ0v) is 23.9. The van der Waals surface area contributed by atoms with Crippen molar-refractivity contribution in [3.8, 4) is 0 Å². The smallest absolute Gasteiger partial charge is 0.244 e. The molecule has 232 valence electrons. The first-order valence-corrected chi connectivity index (χ1v) is 14.5. The minimum absolute atomic E-state index is 0.219. The highest BCUT2D eigenvalue weighted by Gasteiger charge is 2.48. The zero-order chi connectivity index (χ0) is 30.3. The molecule has 0 spiro atoms. The third kappa shape index (κ3) is 9.84. The van der Waals surface area contributed by atoms with E-state index in [-0.39, 0.29) is 5.82 Å². The molecule has 0 aliphatic carbocycles. The van der Waals surface area contributed by atoms with Crippen molar-refractivity contribution < 1.29 is 34.8 Å². The Morgan fingerprint density at radius 3 is 2.60 bits per heavy atom. The van der Waals surface area contributed by atoms with Crippen LogP contribution in [0.4, 0.5) is 5.82 Å². The number of amides is 2. The molecule has 0 saturated carbocycles. The molecule has 1 saturated heterocycles. The summed E-state index contributed by atoms with van der Waals surface area (Å²) in [7, 11) is 0. The maximum Gasteiger partial charge on any atom is 0.244 e. The zero-order valence-electron chi connectivity index (χ0n) is 23.9. The van der Waals surface area contributed by atoms with Crippen LogP contribution in [0.25, 0.3) is 11.2 Å². The molecule has 2 aromatic heterocycles. The van der Waals surface area contributed by atoms with Gasteiger partial charge in [0.2, 0.25) is 11.8 Å². The molecular formula is C28H43N7O7. The van der Waals surface area contributed by atoms with Crippen LogP contribution < -0.4 is 16.0 Å². The number of aromatic amines is 1. The predicted octanol–water partition coefficient (Wildman–Crippen LogP) is 0.419. The van der Waals surface area contributed by atoms with Crippen LogP contribution in [0.1, 0.15) is 58.3 Å². The van der Waals surface area contributed by atoms with E-state index in [9.17, 15) is 30.0 Å². The molecular weight excluding hydrogens is 546 g/mol. The fraction of sp³-hybridized carbons (Fsp3) is 0.607. The van der Waals surface area contributed by atoms with Crippen LogP contribution in [-0.2, 0) is 14.3 Å². The number of aliphatic hydroxyl groups excluding tert-OH is 4. The van der Waals surface area contributed by atoms with Gasteiger partial charge in [0.1, 0.15) is 36.3 Å². The lowest BCUT2D eigenvalue weighted by Crippen LogP contribution is -2.68. The van der Waals surface area contributed by atoms with E-state index in [0.29, 0.717) is 11.2 Å². The first-order chi connectivity index (χ1) is 20.3. The SMILES string of the molecule is CCCCCCCCC/C=C/C=C/C(=O)NCC(=O)N[C@@H]1[C@@H](O)[C@@H](O)[C@@H](Nc2ncnc3nc[nH]c23)O[C@H]1C(O)CO. The van der Waals surface area contributed by atoms with Gasteiger partial charge in [-0.3, -0.25) is 9.59 Å². The molecule has 3 heterocycles. The van der Waals surface area contributed by atoms with E-state index in [1.165, 1.54) is 57.3 Å². The number of aromatic nitrogens is 4. The summed E-state index contributed by atoms with van der Waals surface area (Å²) in [6.07, 6.45) is 11.6. The van der Waals surface area contributed by atoms with E-state index in [4.69, 9.17) is 4.74 Å². The van der Waals surface area contributed by atoms with Gasteiger partial charge in [0.05, 0.1) is 25.5 Å². The lowest BCUT2D eigenvalue weighted by Gasteiger charge is -2.44. The van der Waals surface area contributed by atoms with Crippen molar-refractivity contribution in [1.82, 2.24) is 30.6 Å². The number of imidazole rings is 1. The van der Waals surface area contributed by atoms with Crippen LogP contribution in [-0.4, -0.2) is 102 Å². The molecule has 1 aliphatic heterocycles. The molecule has 2 amide bonds. The molecule has 6 atom stereocenters. The fourth-order valence-corrected chi connectivity index (χ4v) is 4.65. The third-order valence-corrected chi connectivity index (χ3v) is 6.97. The number of nitrogens with zero attached hydrogens (tertiary/aromatic N) is 3. The summed E-state index contributed by atoms with van der Waals surface area (Å²) in [5.41, 5.74) is 0.776. The van der Waals surface area contributed by atoms with Gasteiger partial charge in [-0.2, -0.15) is 0 Å². The summed E-state index contributed by atoms with van der Waals surface area (Å²) in [5.74, 6) is -0.961. The number of ether oxygens (including phenoxy) is 1. The van der Waals surface area contributed by atoms with Gasteiger partial charge in [0.15, 0.2) is 17.7 Å². The van der Waals surface area contributed by atoms with Gasteiger partial charge >= 0.3 is 0 Å². The van der Waals surface area contributed by atoms with Crippen LogP contribution >= 0.6 is 0 Å². The Morgan fingerprint density at radius 1 is 1.07 bits per heavy atom. The molecule has 1 unspecified atom stereocenters. The molecule has 0 aromatic carbocycles. The minimum Gasteiger partial charge on any atom is -0.394 e. The van der Waals surface area contributed by atoms with Gasteiger partial charge < -0.3 is 46.1 Å². The molecule has 42 heavy (non-hydrogen) atoms. The Morgan fingerprint density at radius 2 is 1.83 bits per heavy atom. The Bertz CT molecular complexity index is 1170. The summed E-state index contributed by atoms with van der Waals surface area (Å²) < 4.78 is 5.77. The predicted molar refractivity (Wildman–Crippen MR) is 155 cm³/mol. The van der Waals surface area contributed by atoms with Crippen LogP contribution in [0.2, 0.25) is 0 Å². The normalized spacial score (nSPS) is 23.4. The standard InChI is InChI=1S/C28H43N7O7/c1-2-3-4-5-6-7-8-9-10-11-12-13-19(38)29-14-20(39)34-21-23(40)24(41)28(42-25(21)18(37)15-36)35-27-22-26(31-16-30-22)32-17-33-27/h10-13,16-18,21,23-25,28,36-37,40-41H,2-9,14-15H2,1H3,(H,29,38)(H,34,39)(H2,30,31,32,33,35)/b11-10+,13-12+/t18?,21-,23-,24-,25+,28+/m1/s1. The number of hydrogen-bond donors (Lipinski definition) is 8. The van der Waals surface area contributed by atoms with Gasteiger partial charge in [0.25, 0.3) is 0 Å². The number of carbonyl (C=O) groups excluding carboxylic acids is 2. The number of rotatable bonds is 17. The highest BCUT2D eigenvalue weighted by atomic mass is 16.5. The highest BCUT2D eigenvalue weighted by Crippen LogP contribution is 2.26. The second-order valence-corrected chi connectivity index (χ2v) is 10.2. The van der Waals surface area contributed by atoms with E-state index in [0.717, 1.165) is 12.8 Å². The number of allylic oxidation sites excluding steroid dienone is 3. The summed E-state index contributed by atoms with van der Waals surface area (Å²) in [4.78, 5) is 39.6. The summed E-state index contributed by atoms with van der Waals surface area (Å²) in [5, 5.41) is 49.2. The molecule has 3 rings (SSSR count). The number of aliphatic hydroxyl groups is 4. The molecule has 14 heteroatoms. The second-order valence-electron chi connectivity index (χ2n) is 10.2. The van der Waals surface area contributed by atoms with Crippen molar-refractivity contribution in [2.75, 3.05) is 18.5 Å². The number of unbranched alkanes of at least 4 members (excludes halogenated alkanes) is 7. The molecule has 1 fully saturated rings. The minimum atomic E-state index is -1.61. The van der Waals surface area contributed by atoms with E-state index in [1.54, 1.807) is 12.2 Å². The molecule has 0 radical (unpaired) electrons. The average Bonchev–Trinajstić information content (AvgIpc) is 3.48. The summed E-state index contributed by atoms with van der Waals surface area (Å²) in [6, 6.07) is -1.30. The van der Waals surface area contributed by atoms with Crippen LogP contribution in [0.5, 0.6) is 0 Å². The number of hydrogen-bond acceptors (Lipinski definition) is 11. The maximum atomic E-state index is 12.6. The number of carbonyl (C=O) groups is 2. The van der Waals surface area contributed by atoms with E-state index < -0.39 is 61.7 Å². The van der Waals surface area contributed by atoms with Crippen molar-refractivity contribution in [1.29, 1.82) is 0 Å². The molecule has 8 N–H and O–H groups in total. The van der Waals surface area contributed by atoms with Gasteiger partial charge in [0, 0.05) is 6.08 Å². The van der Waals surface area contributed by atoms with Gasteiger partial charge in [-0.15, -0.1) is 0 Å². The van der Waals surface area contributed by atoms with Crippen molar-refractivity contribution >= 4 is 28.8 Å². The van der Waals surface area contributed by atoms with Gasteiger partial charge in [-0.25, -0.2) is 15.0 Å². The number of anilines is 1. The Labute approximate surface area is 244 Å². The largest absolute Gasteiger partial charge is 0.394 e. The van der Waals surface area contributed by atoms with E-state index in [1.807, 2.05) is 6.08 Å². The topological polar surface area (TPSA) is 215 Å². The van der Waals surface area contributed by atoms with E-state index >= 15 is 0 Å². The van der Waals surface area contributed by atoms with Crippen molar-refractivity contribution in [3.05, 3.63) is 37.0 Å². The molecule has 1 aliphatic rings. The van der Waals surface area contributed by atoms with Crippen molar-refractivity contribution in [2.45, 2.75) is 95.0 Å². The lowest BCUT2D eigenvalue weighted by atomic mass is 9.92. The Hall–Kier alpha value is -3.43. The first-order valence-electron chi connectivity index (χ1n) is 14.5. The van der Waals surface area contributed by atoms with Crippen LogP contribution in [0.3, 0.4) is 0 Å². The van der Waals surface area contributed by atoms with Gasteiger partial charge in [-0.05, 0) is 12.8 Å². The van der Waals surface area contributed by atoms with Crippen molar-refractivity contribution in [2.24, 2.45) is 0 Å². The van der Waals surface area contributed by atoms with Crippen LogP contribution in [0, 0.1) is 0 Å². The molecule has 0 bridgehead atoms. The van der Waals surface area contributed by atoms with Crippen LogP contribution in [0.15, 0.2) is 37.0 Å². The Balaban J connectivity index is 1.46. The fourth-order valence-electron chi connectivity index (χ4n) is 4.65. The lowest BCUT2D eigenvalue weighted by molar-refractivity contribution is -0.204. The quantitative estimate of drug-likeness (QED) is 0.0719. The van der Waals surface area contributed by atoms with E-state index in [2.05, 4.69) is 42.8 Å². The molecule has 14 nitrogen and oxygen atoms in total. The van der Waals surface area contributed by atoms with Crippen molar-refractivity contribution in [3.63, 3.8) is 0 Å². The first kappa shape index (κ1) is 33.1. The summed E-state index contributed by atoms with van der Waals surface area (Å²) in [6.45, 7) is 1.04. The highest BCUT2D eigenvalue weighted by molar-refractivity contribution is 5.91. The second kappa shape index (κ2) is 17.5. The molecule has 2 aromatic rings. The monoisotopic (exact) mass is 589 g/mol.